The minimum atomic E-state index is -0.0788. The quantitative estimate of drug-likeness (QED) is 0.832. The van der Waals surface area contributed by atoms with Crippen molar-refractivity contribution >= 4 is 27.5 Å². The van der Waals surface area contributed by atoms with Crippen molar-refractivity contribution in [2.45, 2.75) is 13.8 Å². The molecule has 0 aliphatic carbocycles. The number of hydrogen-bond donors (Lipinski definition) is 0. The van der Waals surface area contributed by atoms with Crippen LogP contribution in [0, 0.1) is 13.8 Å². The minimum absolute atomic E-state index is 0.0193. The molecule has 0 atom stereocenters. The summed E-state index contributed by atoms with van der Waals surface area (Å²) in [5.74, 6) is 0.602. The third kappa shape index (κ3) is 4.08. The number of halogens is 1. The van der Waals surface area contributed by atoms with Crippen molar-refractivity contribution in [3.05, 3.63) is 58.1 Å². The molecule has 0 saturated heterocycles. The van der Waals surface area contributed by atoms with Gasteiger partial charge in [0.15, 0.2) is 6.61 Å². The van der Waals surface area contributed by atoms with Crippen LogP contribution in [-0.2, 0) is 4.79 Å². The summed E-state index contributed by atoms with van der Waals surface area (Å²) in [4.78, 5) is 13.8. The number of hydrogen-bond acceptors (Lipinski definition) is 2. The number of likely N-dealkylation sites (N-methyl/N-ethyl adjacent to an activating group) is 1. The van der Waals surface area contributed by atoms with E-state index >= 15 is 0 Å². The van der Waals surface area contributed by atoms with Crippen LogP contribution in [0.15, 0.2) is 46.9 Å². The smallest absolute Gasteiger partial charge is 0.264 e. The number of anilines is 1. The van der Waals surface area contributed by atoms with E-state index < -0.39 is 0 Å². The van der Waals surface area contributed by atoms with E-state index in [1.54, 1.807) is 11.9 Å². The molecule has 0 aliphatic heterocycles. The number of rotatable bonds is 4. The van der Waals surface area contributed by atoms with E-state index in [0.29, 0.717) is 5.75 Å². The zero-order valence-corrected chi connectivity index (χ0v) is 14.0. The molecule has 3 nitrogen and oxygen atoms in total. The number of amides is 1. The van der Waals surface area contributed by atoms with Gasteiger partial charge < -0.3 is 9.64 Å². The average Bonchev–Trinajstić information content (AvgIpc) is 2.45. The first-order chi connectivity index (χ1) is 9.97. The second kappa shape index (κ2) is 6.76. The molecule has 21 heavy (non-hydrogen) atoms. The summed E-state index contributed by atoms with van der Waals surface area (Å²) in [7, 11) is 1.77. The summed E-state index contributed by atoms with van der Waals surface area (Å²) in [5.41, 5.74) is 3.17. The summed E-state index contributed by atoms with van der Waals surface area (Å²) in [6.45, 7) is 4.06. The van der Waals surface area contributed by atoms with Gasteiger partial charge in [-0.3, -0.25) is 4.79 Å². The molecular formula is C17H18BrNO2. The van der Waals surface area contributed by atoms with Crippen LogP contribution in [-0.4, -0.2) is 19.6 Å². The fourth-order valence-corrected chi connectivity index (χ4v) is 2.35. The van der Waals surface area contributed by atoms with E-state index in [1.807, 2.05) is 50.2 Å². The molecule has 2 aromatic carbocycles. The Balaban J connectivity index is 2.00. The van der Waals surface area contributed by atoms with Gasteiger partial charge in [0.05, 0.1) is 0 Å². The van der Waals surface area contributed by atoms with Gasteiger partial charge in [0.25, 0.3) is 5.91 Å². The first-order valence-corrected chi connectivity index (χ1v) is 7.49. The Labute approximate surface area is 133 Å². The van der Waals surface area contributed by atoms with E-state index in [1.165, 1.54) is 5.56 Å². The van der Waals surface area contributed by atoms with Crippen molar-refractivity contribution < 1.29 is 9.53 Å². The number of carbonyl (C=O) groups is 1. The van der Waals surface area contributed by atoms with Crippen molar-refractivity contribution in [3.63, 3.8) is 0 Å². The predicted molar refractivity (Wildman–Crippen MR) is 89.0 cm³/mol. The summed E-state index contributed by atoms with van der Waals surface area (Å²) in [6, 6.07) is 13.4. The number of carbonyl (C=O) groups excluding carboxylic acids is 1. The monoisotopic (exact) mass is 347 g/mol. The topological polar surface area (TPSA) is 29.5 Å². The van der Waals surface area contributed by atoms with Gasteiger partial charge in [-0.1, -0.05) is 33.6 Å². The molecule has 0 radical (unpaired) electrons. The van der Waals surface area contributed by atoms with Crippen LogP contribution in [0.5, 0.6) is 5.75 Å². The molecule has 0 fully saturated rings. The molecule has 0 aromatic heterocycles. The first kappa shape index (κ1) is 15.6. The van der Waals surface area contributed by atoms with Gasteiger partial charge >= 0.3 is 0 Å². The highest BCUT2D eigenvalue weighted by molar-refractivity contribution is 9.10. The van der Waals surface area contributed by atoms with Crippen LogP contribution in [0.2, 0.25) is 0 Å². The van der Waals surface area contributed by atoms with Crippen molar-refractivity contribution in [1.82, 2.24) is 0 Å². The minimum Gasteiger partial charge on any atom is -0.484 e. The second-order valence-corrected chi connectivity index (χ2v) is 5.90. The number of aryl methyl sites for hydroxylation is 2. The Bertz CT molecular complexity index is 638. The molecule has 1 amide bonds. The lowest BCUT2D eigenvalue weighted by Crippen LogP contribution is -2.31. The average molecular weight is 348 g/mol. The van der Waals surface area contributed by atoms with E-state index in [9.17, 15) is 4.79 Å². The molecule has 0 unspecified atom stereocenters. The van der Waals surface area contributed by atoms with Crippen LogP contribution in [0.3, 0.4) is 0 Å². The molecule has 4 heteroatoms. The third-order valence-electron chi connectivity index (χ3n) is 3.26. The van der Waals surface area contributed by atoms with E-state index in [0.717, 1.165) is 15.7 Å². The van der Waals surface area contributed by atoms with Crippen molar-refractivity contribution in [2.24, 2.45) is 0 Å². The highest BCUT2D eigenvalue weighted by Crippen LogP contribution is 2.20. The zero-order chi connectivity index (χ0) is 15.4. The maximum atomic E-state index is 12.2. The Morgan fingerprint density at radius 3 is 2.43 bits per heavy atom. The Kier molecular flexibility index (Phi) is 5.02. The summed E-state index contributed by atoms with van der Waals surface area (Å²) < 4.78 is 6.50. The highest BCUT2D eigenvalue weighted by atomic mass is 79.9. The maximum Gasteiger partial charge on any atom is 0.264 e. The fourth-order valence-electron chi connectivity index (χ4n) is 2.09. The summed E-state index contributed by atoms with van der Waals surface area (Å²) in [5, 5.41) is 0. The van der Waals surface area contributed by atoms with Gasteiger partial charge in [0.2, 0.25) is 0 Å². The molecule has 110 valence electrons. The highest BCUT2D eigenvalue weighted by Gasteiger charge is 2.13. The van der Waals surface area contributed by atoms with E-state index in [-0.39, 0.29) is 12.5 Å². The molecule has 0 bridgehead atoms. The summed E-state index contributed by atoms with van der Waals surface area (Å²) >= 11 is 3.36. The normalized spacial score (nSPS) is 10.3. The van der Waals surface area contributed by atoms with E-state index in [2.05, 4.69) is 22.0 Å². The van der Waals surface area contributed by atoms with Crippen molar-refractivity contribution in [3.8, 4) is 5.75 Å². The standard InChI is InChI=1S/C17H18BrNO2/c1-12-4-9-16(13(2)10-12)19(3)17(20)11-21-15-7-5-14(18)6-8-15/h4-10H,11H2,1-3H3. The predicted octanol–water partition coefficient (Wildman–Crippen LogP) is 4.11. The molecule has 0 spiro atoms. The molecule has 2 aromatic rings. The van der Waals surface area contributed by atoms with Gasteiger partial charge in [-0.2, -0.15) is 0 Å². The second-order valence-electron chi connectivity index (χ2n) is 4.99. The molecule has 2 rings (SSSR count). The Morgan fingerprint density at radius 2 is 1.81 bits per heavy atom. The van der Waals surface area contributed by atoms with Crippen LogP contribution < -0.4 is 9.64 Å². The van der Waals surface area contributed by atoms with Crippen molar-refractivity contribution in [2.75, 3.05) is 18.6 Å². The van der Waals surface area contributed by atoms with Crippen LogP contribution in [0.1, 0.15) is 11.1 Å². The van der Waals surface area contributed by atoms with Gasteiger partial charge in [-0.05, 0) is 49.7 Å². The number of nitrogens with zero attached hydrogens (tertiary/aromatic N) is 1. The molecule has 0 aliphatic rings. The Hall–Kier alpha value is -1.81. The lowest BCUT2D eigenvalue weighted by Gasteiger charge is -2.20. The fraction of sp³-hybridized carbons (Fsp3) is 0.235. The van der Waals surface area contributed by atoms with Crippen LogP contribution >= 0.6 is 15.9 Å². The lowest BCUT2D eigenvalue weighted by molar-refractivity contribution is -0.120. The van der Waals surface area contributed by atoms with Gasteiger partial charge in [0, 0.05) is 17.2 Å². The molecule has 0 N–H and O–H groups in total. The number of ether oxygens (including phenoxy) is 1. The largest absolute Gasteiger partial charge is 0.484 e. The van der Waals surface area contributed by atoms with Gasteiger partial charge in [-0.25, -0.2) is 0 Å². The molecular weight excluding hydrogens is 330 g/mol. The van der Waals surface area contributed by atoms with Crippen LogP contribution in [0.4, 0.5) is 5.69 Å². The zero-order valence-electron chi connectivity index (χ0n) is 12.4. The van der Waals surface area contributed by atoms with Gasteiger partial charge in [0.1, 0.15) is 5.75 Å². The Morgan fingerprint density at radius 1 is 1.14 bits per heavy atom. The van der Waals surface area contributed by atoms with E-state index in [4.69, 9.17) is 4.74 Å². The molecule has 0 heterocycles. The summed E-state index contributed by atoms with van der Waals surface area (Å²) in [6.07, 6.45) is 0. The maximum absolute atomic E-state index is 12.2. The number of benzene rings is 2. The third-order valence-corrected chi connectivity index (χ3v) is 3.79. The SMILES string of the molecule is Cc1ccc(N(C)C(=O)COc2ccc(Br)cc2)c(C)c1. The van der Waals surface area contributed by atoms with Crippen molar-refractivity contribution in [1.29, 1.82) is 0 Å². The molecule has 0 saturated carbocycles. The first-order valence-electron chi connectivity index (χ1n) is 6.69. The van der Waals surface area contributed by atoms with Crippen LogP contribution in [0.25, 0.3) is 0 Å². The lowest BCUT2D eigenvalue weighted by atomic mass is 10.1. The van der Waals surface area contributed by atoms with Gasteiger partial charge in [-0.15, -0.1) is 0 Å².